The lowest BCUT2D eigenvalue weighted by Crippen LogP contribution is -2.38. The predicted octanol–water partition coefficient (Wildman–Crippen LogP) is 3.71. The van der Waals surface area contributed by atoms with E-state index in [0.717, 1.165) is 6.20 Å². The Labute approximate surface area is 164 Å². The molecule has 0 aliphatic carbocycles. The highest BCUT2D eigenvalue weighted by atomic mass is 35.5. The molecule has 11 heteroatoms. The Morgan fingerprint density at radius 2 is 2.19 bits per heavy atom. The number of nitrogens with two attached hydrogens (primary N) is 1. The van der Waals surface area contributed by atoms with Crippen molar-refractivity contribution >= 4 is 35.5 Å². The third-order valence-electron chi connectivity index (χ3n) is 3.99. The van der Waals surface area contributed by atoms with Gasteiger partial charge in [-0.3, -0.25) is 4.99 Å². The molecule has 0 fully saturated rings. The lowest BCUT2D eigenvalue weighted by molar-refractivity contribution is 0.0562. The molecule has 1 atom stereocenters. The van der Waals surface area contributed by atoms with Crippen molar-refractivity contribution in [3.8, 4) is 0 Å². The van der Waals surface area contributed by atoms with Crippen molar-refractivity contribution in [1.29, 1.82) is 0 Å². The number of halogens is 5. The van der Waals surface area contributed by atoms with Crippen molar-refractivity contribution in [3.05, 3.63) is 46.5 Å². The molecule has 6 nitrogen and oxygen atoms in total. The van der Waals surface area contributed by atoms with Crippen molar-refractivity contribution in [2.24, 2.45) is 10.7 Å². The van der Waals surface area contributed by atoms with Crippen LogP contribution in [0.1, 0.15) is 24.7 Å². The molecule has 148 valence electrons. The number of hydrogen-bond acceptors (Lipinski definition) is 5. The molecule has 2 heterocycles. The topological polar surface area (TPSA) is 77.5 Å². The zero-order valence-corrected chi connectivity index (χ0v) is 15.8. The molecular weight excluding hydrogens is 406 g/mol. The van der Waals surface area contributed by atoms with Gasteiger partial charge in [0.15, 0.2) is 0 Å². The molecule has 3 rings (SSSR count). The molecule has 0 unspecified atom stereocenters. The predicted molar refractivity (Wildman–Crippen MR) is 99.3 cm³/mol. The smallest absolute Gasteiger partial charge is 0.333 e. The SMILES string of the molecule is C[C@@]1(c2cc(NCc3nn(C(F)F)cc3Cl)ccc2F)COCC(N)=N1.Cl. The zero-order chi connectivity index (χ0) is 18.9. The average molecular weight is 424 g/mol. The van der Waals surface area contributed by atoms with E-state index >= 15 is 0 Å². The maximum Gasteiger partial charge on any atom is 0.333 e. The van der Waals surface area contributed by atoms with Gasteiger partial charge in [-0.05, 0) is 25.1 Å². The number of rotatable bonds is 5. The fourth-order valence-corrected chi connectivity index (χ4v) is 2.94. The Kier molecular flexibility index (Phi) is 6.61. The molecule has 0 saturated heterocycles. The summed E-state index contributed by atoms with van der Waals surface area (Å²) in [5, 5.41) is 6.83. The summed E-state index contributed by atoms with van der Waals surface area (Å²) in [6, 6.07) is 4.40. The van der Waals surface area contributed by atoms with Crippen molar-refractivity contribution in [2.75, 3.05) is 18.5 Å². The van der Waals surface area contributed by atoms with Crippen LogP contribution in [0.25, 0.3) is 0 Å². The van der Waals surface area contributed by atoms with E-state index in [4.69, 9.17) is 22.1 Å². The van der Waals surface area contributed by atoms with Crippen molar-refractivity contribution < 1.29 is 17.9 Å². The van der Waals surface area contributed by atoms with E-state index in [1.807, 2.05) is 0 Å². The highest BCUT2D eigenvalue weighted by molar-refractivity contribution is 6.31. The number of nitrogens with one attached hydrogen (secondary N) is 1. The van der Waals surface area contributed by atoms with Gasteiger partial charge < -0.3 is 15.8 Å². The molecule has 0 spiro atoms. The van der Waals surface area contributed by atoms with Gasteiger partial charge in [-0.1, -0.05) is 11.6 Å². The maximum absolute atomic E-state index is 14.3. The van der Waals surface area contributed by atoms with Crippen LogP contribution in [0, 0.1) is 5.82 Å². The quantitative estimate of drug-likeness (QED) is 0.768. The number of amidine groups is 1. The number of alkyl halides is 2. The van der Waals surface area contributed by atoms with Crippen LogP contribution in [0.5, 0.6) is 0 Å². The molecule has 0 radical (unpaired) electrons. The minimum absolute atomic E-state index is 0. The van der Waals surface area contributed by atoms with Crippen LogP contribution in [-0.2, 0) is 16.8 Å². The van der Waals surface area contributed by atoms with E-state index in [1.165, 1.54) is 12.1 Å². The van der Waals surface area contributed by atoms with Crippen LogP contribution in [0.2, 0.25) is 5.02 Å². The largest absolute Gasteiger partial charge is 0.386 e. The minimum atomic E-state index is -2.77. The summed E-state index contributed by atoms with van der Waals surface area (Å²) >= 11 is 5.91. The molecule has 1 aliphatic rings. The van der Waals surface area contributed by atoms with Gasteiger partial charge in [0.05, 0.1) is 18.2 Å². The molecular formula is C16H18Cl2F3N5O. The highest BCUT2D eigenvalue weighted by Crippen LogP contribution is 2.32. The number of aliphatic imine (C=N–C) groups is 1. The molecule has 1 aliphatic heterocycles. The van der Waals surface area contributed by atoms with Crippen LogP contribution in [-0.4, -0.2) is 28.8 Å². The molecule has 0 bridgehead atoms. The number of hydrogen-bond donors (Lipinski definition) is 2. The summed E-state index contributed by atoms with van der Waals surface area (Å²) in [7, 11) is 0. The molecule has 0 saturated carbocycles. The second-order valence-electron chi connectivity index (χ2n) is 6.10. The Morgan fingerprint density at radius 3 is 2.81 bits per heavy atom. The number of anilines is 1. The number of ether oxygens (including phenoxy) is 1. The van der Waals surface area contributed by atoms with Gasteiger partial charge in [0.2, 0.25) is 0 Å². The summed E-state index contributed by atoms with van der Waals surface area (Å²) in [5.74, 6) is -0.152. The van der Waals surface area contributed by atoms with Crippen LogP contribution in [0.3, 0.4) is 0 Å². The first-order valence-corrected chi connectivity index (χ1v) is 8.14. The third kappa shape index (κ3) is 4.66. The average Bonchev–Trinajstić information content (AvgIpc) is 2.95. The number of benzene rings is 1. The fraction of sp³-hybridized carbons (Fsp3) is 0.375. The summed E-state index contributed by atoms with van der Waals surface area (Å²) in [6.45, 7) is -0.544. The van der Waals surface area contributed by atoms with Crippen molar-refractivity contribution in [1.82, 2.24) is 9.78 Å². The Hall–Kier alpha value is -1.97. The first kappa shape index (κ1) is 21.3. The van der Waals surface area contributed by atoms with E-state index in [9.17, 15) is 13.2 Å². The first-order chi connectivity index (χ1) is 12.3. The lowest BCUT2D eigenvalue weighted by atomic mass is 9.92. The van der Waals surface area contributed by atoms with Crippen LogP contribution in [0.15, 0.2) is 29.4 Å². The molecule has 3 N–H and O–H groups in total. The van der Waals surface area contributed by atoms with E-state index in [-0.39, 0.29) is 42.9 Å². The molecule has 1 aromatic carbocycles. The van der Waals surface area contributed by atoms with Crippen LogP contribution >= 0.6 is 24.0 Å². The molecule has 1 aromatic heterocycles. The van der Waals surface area contributed by atoms with Gasteiger partial charge in [0.25, 0.3) is 0 Å². The third-order valence-corrected chi connectivity index (χ3v) is 4.30. The standard InChI is InChI=1S/C16H17ClF3N5O.ClH/c1-16(8-26-7-14(21)23-16)10-4-9(2-3-12(10)18)22-5-13-11(17)6-25(24-13)15(19)20;/h2-4,6,15,22H,5,7-8H2,1H3,(H2,21,23);1H/t16-;/m0./s1. The minimum Gasteiger partial charge on any atom is -0.386 e. The number of aromatic nitrogens is 2. The molecule has 27 heavy (non-hydrogen) atoms. The number of nitrogens with zero attached hydrogens (tertiary/aromatic N) is 3. The Bertz CT molecular complexity index is 845. The summed E-state index contributed by atoms with van der Waals surface area (Å²) in [4.78, 5) is 4.32. The second kappa shape index (κ2) is 8.37. The van der Waals surface area contributed by atoms with Gasteiger partial charge in [0, 0.05) is 17.4 Å². The van der Waals surface area contributed by atoms with Crippen molar-refractivity contribution in [2.45, 2.75) is 25.6 Å². The van der Waals surface area contributed by atoms with Gasteiger partial charge in [-0.2, -0.15) is 13.9 Å². The van der Waals surface area contributed by atoms with Gasteiger partial charge in [0.1, 0.15) is 29.5 Å². The van der Waals surface area contributed by atoms with E-state index in [0.29, 0.717) is 21.8 Å². The maximum atomic E-state index is 14.3. The normalized spacial score (nSPS) is 19.6. The highest BCUT2D eigenvalue weighted by Gasteiger charge is 2.32. The van der Waals surface area contributed by atoms with Gasteiger partial charge in [-0.25, -0.2) is 9.07 Å². The molecule has 2 aromatic rings. The Morgan fingerprint density at radius 1 is 1.44 bits per heavy atom. The lowest BCUT2D eigenvalue weighted by Gasteiger charge is -2.30. The van der Waals surface area contributed by atoms with E-state index in [2.05, 4.69) is 15.4 Å². The summed E-state index contributed by atoms with van der Waals surface area (Å²) in [5.41, 5.74) is 5.90. The Balaban J connectivity index is 0.00000261. The van der Waals surface area contributed by atoms with Crippen LogP contribution < -0.4 is 11.1 Å². The van der Waals surface area contributed by atoms with E-state index in [1.54, 1.807) is 13.0 Å². The van der Waals surface area contributed by atoms with Gasteiger partial charge >= 0.3 is 6.55 Å². The first-order valence-electron chi connectivity index (χ1n) is 7.76. The van der Waals surface area contributed by atoms with Crippen LogP contribution in [0.4, 0.5) is 18.9 Å². The fourth-order valence-electron chi connectivity index (χ4n) is 2.73. The summed E-state index contributed by atoms with van der Waals surface area (Å²) < 4.78 is 45.5. The summed E-state index contributed by atoms with van der Waals surface area (Å²) in [6.07, 6.45) is 1.05. The van der Waals surface area contributed by atoms with Gasteiger partial charge in [-0.15, -0.1) is 12.4 Å². The molecule has 0 amide bonds. The monoisotopic (exact) mass is 423 g/mol. The zero-order valence-electron chi connectivity index (χ0n) is 14.3. The van der Waals surface area contributed by atoms with Crippen molar-refractivity contribution in [3.63, 3.8) is 0 Å². The second-order valence-corrected chi connectivity index (χ2v) is 6.51. The van der Waals surface area contributed by atoms with E-state index < -0.39 is 17.9 Å².